The highest BCUT2D eigenvalue weighted by Crippen LogP contribution is 2.40. The highest BCUT2D eigenvalue weighted by atomic mass is 79.9. The van der Waals surface area contributed by atoms with E-state index in [2.05, 4.69) is 21.2 Å². The predicted octanol–water partition coefficient (Wildman–Crippen LogP) is 4.30. The lowest BCUT2D eigenvalue weighted by molar-refractivity contribution is -0.137. The van der Waals surface area contributed by atoms with Crippen LogP contribution in [0.5, 0.6) is 0 Å². The number of sulfonamides is 1. The van der Waals surface area contributed by atoms with Crippen LogP contribution in [0.3, 0.4) is 0 Å². The molecule has 1 heterocycles. The van der Waals surface area contributed by atoms with E-state index in [1.54, 1.807) is 13.1 Å². The van der Waals surface area contributed by atoms with Gasteiger partial charge in [-0.1, -0.05) is 53.0 Å². The van der Waals surface area contributed by atoms with E-state index in [0.717, 1.165) is 34.9 Å². The molecule has 6 nitrogen and oxygen atoms in total. The molecule has 8 heteroatoms. The largest absolute Gasteiger partial charge is 0.481 e. The summed E-state index contributed by atoms with van der Waals surface area (Å²) < 4.78 is 28.5. The van der Waals surface area contributed by atoms with Gasteiger partial charge in [0, 0.05) is 17.9 Å². The summed E-state index contributed by atoms with van der Waals surface area (Å²) in [6.07, 6.45) is 3.58. The number of anilines is 1. The number of nitrogens with one attached hydrogen (secondary N) is 1. The Morgan fingerprint density at radius 2 is 1.83 bits per heavy atom. The molecule has 0 bridgehead atoms. The molecule has 0 amide bonds. The number of unbranched alkanes of at least 4 members (excludes halogenated alkanes) is 3. The van der Waals surface area contributed by atoms with E-state index in [9.17, 15) is 13.2 Å². The lowest BCUT2D eigenvalue weighted by Gasteiger charge is -2.22. The van der Waals surface area contributed by atoms with Gasteiger partial charge < -0.3 is 10.4 Å². The van der Waals surface area contributed by atoms with Crippen LogP contribution in [-0.2, 0) is 14.8 Å². The number of halogens is 1. The Hall–Kier alpha value is -1.90. The third-order valence-electron chi connectivity index (χ3n) is 5.18. The maximum absolute atomic E-state index is 13.2. The average Bonchev–Trinajstić information content (AvgIpc) is 2.75. The van der Waals surface area contributed by atoms with E-state index < -0.39 is 16.0 Å². The van der Waals surface area contributed by atoms with Crippen molar-refractivity contribution in [1.82, 2.24) is 5.32 Å². The summed E-state index contributed by atoms with van der Waals surface area (Å²) in [5.41, 5.74) is 2.32. The third kappa shape index (κ3) is 4.82. The molecule has 0 radical (unpaired) electrons. The summed E-state index contributed by atoms with van der Waals surface area (Å²) in [6, 6.07) is 12.7. The summed E-state index contributed by atoms with van der Waals surface area (Å²) >= 11 is 3.40. The van der Waals surface area contributed by atoms with Gasteiger partial charge in [0.15, 0.2) is 0 Å². The van der Waals surface area contributed by atoms with Crippen molar-refractivity contribution in [1.29, 1.82) is 0 Å². The number of para-hydroxylation sites is 1. The Labute approximate surface area is 180 Å². The lowest BCUT2D eigenvalue weighted by Crippen LogP contribution is -2.26. The van der Waals surface area contributed by atoms with Crippen LogP contribution in [0.2, 0.25) is 0 Å². The Bertz CT molecular complexity index is 994. The second-order valence-electron chi connectivity index (χ2n) is 7.16. The van der Waals surface area contributed by atoms with Gasteiger partial charge in [0.2, 0.25) is 0 Å². The second-order valence-corrected chi connectivity index (χ2v) is 10.0. The zero-order valence-electron chi connectivity index (χ0n) is 16.3. The van der Waals surface area contributed by atoms with Crippen LogP contribution in [0.1, 0.15) is 49.3 Å². The zero-order chi connectivity index (χ0) is 21.0. The fourth-order valence-electron chi connectivity index (χ4n) is 3.65. The highest BCUT2D eigenvalue weighted by molar-refractivity contribution is 9.10. The molecule has 0 saturated carbocycles. The molecule has 1 atom stereocenters. The van der Waals surface area contributed by atoms with E-state index in [0.29, 0.717) is 23.5 Å². The van der Waals surface area contributed by atoms with Crippen molar-refractivity contribution in [2.24, 2.45) is 0 Å². The molecule has 29 heavy (non-hydrogen) atoms. The first-order valence-electron chi connectivity index (χ1n) is 9.65. The van der Waals surface area contributed by atoms with E-state index >= 15 is 0 Å². The number of carboxylic acid groups (broad SMARTS) is 1. The Morgan fingerprint density at radius 1 is 1.10 bits per heavy atom. The van der Waals surface area contributed by atoms with Gasteiger partial charge in [-0.2, -0.15) is 0 Å². The number of carbonyl (C=O) groups is 1. The van der Waals surface area contributed by atoms with E-state index in [4.69, 9.17) is 5.11 Å². The summed E-state index contributed by atoms with van der Waals surface area (Å²) in [6.45, 7) is 0.714. The van der Waals surface area contributed by atoms with E-state index in [1.807, 2.05) is 36.4 Å². The van der Waals surface area contributed by atoms with Crippen LogP contribution in [0.4, 0.5) is 5.69 Å². The minimum absolute atomic E-state index is 0.204. The lowest BCUT2D eigenvalue weighted by atomic mass is 9.96. The number of benzene rings is 2. The minimum atomic E-state index is -3.67. The van der Waals surface area contributed by atoms with Gasteiger partial charge in [-0.3, -0.25) is 9.10 Å². The molecule has 1 unspecified atom stereocenters. The van der Waals surface area contributed by atoms with E-state index in [-0.39, 0.29) is 12.5 Å². The monoisotopic (exact) mass is 480 g/mol. The molecular weight excluding hydrogens is 456 g/mol. The highest BCUT2D eigenvalue weighted by Gasteiger charge is 2.34. The number of fused-ring (bicyclic) bond motifs is 2. The average molecular weight is 481 g/mol. The number of carboxylic acids is 1. The number of hydrogen-bond donors (Lipinski definition) is 2. The van der Waals surface area contributed by atoms with Crippen LogP contribution in [0.25, 0.3) is 0 Å². The molecule has 1 aliphatic heterocycles. The van der Waals surface area contributed by atoms with Crippen molar-refractivity contribution in [2.75, 3.05) is 17.9 Å². The Balaban J connectivity index is 1.85. The fourth-order valence-corrected chi connectivity index (χ4v) is 5.65. The number of rotatable bonds is 8. The van der Waals surface area contributed by atoms with Gasteiger partial charge in [0.25, 0.3) is 10.0 Å². The number of hydrogen-bond acceptors (Lipinski definition) is 4. The van der Waals surface area contributed by atoms with Crippen molar-refractivity contribution < 1.29 is 18.3 Å². The molecule has 2 aromatic carbocycles. The van der Waals surface area contributed by atoms with Crippen LogP contribution >= 0.6 is 15.9 Å². The summed E-state index contributed by atoms with van der Waals surface area (Å²) in [4.78, 5) is 10.9. The standard InChI is InChI=1S/C21H25BrN2O4S/c1-24-18-9-6-5-8-16(18)21(23-13-7-3-2-4-10-20(25)26)17-12-11-15(22)14-19(17)29(24,27)28/h5-6,8-9,11-12,14,21,23H,2-4,7,10,13H2,1H3,(H,25,26). The van der Waals surface area contributed by atoms with Crippen molar-refractivity contribution in [3.63, 3.8) is 0 Å². The summed E-state index contributed by atoms with van der Waals surface area (Å²) in [5, 5.41) is 12.2. The summed E-state index contributed by atoms with van der Waals surface area (Å²) in [7, 11) is -2.08. The molecule has 0 saturated heterocycles. The summed E-state index contributed by atoms with van der Waals surface area (Å²) in [5.74, 6) is -0.758. The predicted molar refractivity (Wildman–Crippen MR) is 117 cm³/mol. The van der Waals surface area contributed by atoms with Crippen molar-refractivity contribution in [3.8, 4) is 0 Å². The Kier molecular flexibility index (Phi) is 6.97. The first kappa shape index (κ1) is 21.8. The third-order valence-corrected chi connectivity index (χ3v) is 7.50. The van der Waals surface area contributed by atoms with Crippen LogP contribution in [0.15, 0.2) is 51.8 Å². The van der Waals surface area contributed by atoms with Crippen LogP contribution < -0.4 is 9.62 Å². The van der Waals surface area contributed by atoms with Gasteiger partial charge in [-0.05, 0) is 48.7 Å². The minimum Gasteiger partial charge on any atom is -0.481 e. The molecule has 0 spiro atoms. The fraction of sp³-hybridized carbons (Fsp3) is 0.381. The quantitative estimate of drug-likeness (QED) is 0.549. The van der Waals surface area contributed by atoms with Crippen molar-refractivity contribution in [3.05, 3.63) is 58.1 Å². The Morgan fingerprint density at radius 3 is 2.59 bits per heavy atom. The molecule has 156 valence electrons. The van der Waals surface area contributed by atoms with Crippen LogP contribution in [0, 0.1) is 0 Å². The normalized spacial score (nSPS) is 17.3. The SMILES string of the molecule is CN1c2ccccc2C(NCCCCCCC(=O)O)c2ccc(Br)cc2S1(=O)=O. The van der Waals surface area contributed by atoms with Gasteiger partial charge in [0.05, 0.1) is 16.6 Å². The van der Waals surface area contributed by atoms with Crippen LogP contribution in [-0.4, -0.2) is 33.1 Å². The van der Waals surface area contributed by atoms with Gasteiger partial charge in [-0.15, -0.1) is 0 Å². The van der Waals surface area contributed by atoms with Gasteiger partial charge in [0.1, 0.15) is 0 Å². The zero-order valence-corrected chi connectivity index (χ0v) is 18.7. The molecule has 2 aromatic rings. The first-order chi connectivity index (χ1) is 13.8. The molecular formula is C21H25BrN2O4S. The molecule has 0 fully saturated rings. The molecule has 2 N–H and O–H groups in total. The maximum Gasteiger partial charge on any atom is 0.303 e. The molecule has 3 rings (SSSR count). The molecule has 0 aliphatic carbocycles. The topological polar surface area (TPSA) is 86.7 Å². The smallest absolute Gasteiger partial charge is 0.303 e. The van der Waals surface area contributed by atoms with Crippen molar-refractivity contribution in [2.45, 2.75) is 43.0 Å². The molecule has 0 aromatic heterocycles. The number of nitrogens with zero attached hydrogens (tertiary/aromatic N) is 1. The number of aliphatic carboxylic acids is 1. The van der Waals surface area contributed by atoms with Gasteiger partial charge in [-0.25, -0.2) is 8.42 Å². The van der Waals surface area contributed by atoms with E-state index in [1.165, 1.54) is 4.31 Å². The second kappa shape index (κ2) is 9.28. The first-order valence-corrected chi connectivity index (χ1v) is 11.9. The molecule has 1 aliphatic rings. The maximum atomic E-state index is 13.2. The van der Waals surface area contributed by atoms with Crippen molar-refractivity contribution >= 4 is 37.6 Å². The van der Waals surface area contributed by atoms with Gasteiger partial charge >= 0.3 is 5.97 Å².